The van der Waals surface area contributed by atoms with Crippen LogP contribution >= 0.6 is 23.1 Å². The SMILES string of the molecule is C[C@H]1[C@@H](CSc2nc3ccccc3s2)O[C@@H](c2cccc(NC(=O)CCC(=O)O)c2)O[C@H]1c1ccc(CO)cc1. The van der Waals surface area contributed by atoms with Crippen LogP contribution in [0, 0.1) is 5.92 Å². The first-order chi connectivity index (χ1) is 19.4. The molecule has 4 atom stereocenters. The fourth-order valence-electron chi connectivity index (χ4n) is 4.58. The number of thiazole rings is 1. The Morgan fingerprint density at radius 3 is 2.55 bits per heavy atom. The molecule has 208 valence electrons. The average Bonchev–Trinajstić information content (AvgIpc) is 3.39. The summed E-state index contributed by atoms with van der Waals surface area (Å²) in [5.41, 5.74) is 4.09. The number of nitrogens with one attached hydrogen (secondary N) is 1. The topological polar surface area (TPSA) is 118 Å². The molecule has 0 bridgehead atoms. The molecule has 4 aromatic rings. The van der Waals surface area contributed by atoms with Crippen LogP contribution in [0.3, 0.4) is 0 Å². The lowest BCUT2D eigenvalue weighted by atomic mass is 9.91. The molecule has 8 nitrogen and oxygen atoms in total. The zero-order valence-electron chi connectivity index (χ0n) is 21.9. The van der Waals surface area contributed by atoms with E-state index in [1.165, 1.54) is 0 Å². The number of hydrogen-bond donors (Lipinski definition) is 3. The van der Waals surface area contributed by atoms with Gasteiger partial charge in [0, 0.05) is 29.3 Å². The van der Waals surface area contributed by atoms with Gasteiger partial charge in [-0.05, 0) is 35.4 Å². The fourth-order valence-corrected chi connectivity index (χ4v) is 6.84. The number of carbonyl (C=O) groups excluding carboxylic acids is 1. The number of amides is 1. The van der Waals surface area contributed by atoms with Gasteiger partial charge in [-0.15, -0.1) is 11.3 Å². The van der Waals surface area contributed by atoms with Crippen LogP contribution in [0.4, 0.5) is 5.69 Å². The van der Waals surface area contributed by atoms with Crippen molar-refractivity contribution < 1.29 is 29.3 Å². The largest absolute Gasteiger partial charge is 0.481 e. The molecule has 1 amide bonds. The van der Waals surface area contributed by atoms with E-state index in [1.807, 2.05) is 54.6 Å². The van der Waals surface area contributed by atoms with E-state index in [2.05, 4.69) is 18.3 Å². The number of rotatable bonds is 10. The number of aliphatic hydroxyl groups is 1. The van der Waals surface area contributed by atoms with E-state index in [-0.39, 0.29) is 43.5 Å². The molecule has 0 spiro atoms. The number of benzene rings is 3. The van der Waals surface area contributed by atoms with Crippen molar-refractivity contribution in [3.8, 4) is 0 Å². The number of carbonyl (C=O) groups is 2. The van der Waals surface area contributed by atoms with Gasteiger partial charge in [-0.1, -0.05) is 67.2 Å². The second-order valence-corrected chi connectivity index (χ2v) is 11.9. The zero-order valence-corrected chi connectivity index (χ0v) is 23.5. The number of ether oxygens (including phenoxy) is 2. The van der Waals surface area contributed by atoms with Gasteiger partial charge in [0.15, 0.2) is 10.6 Å². The minimum Gasteiger partial charge on any atom is -0.481 e. The molecular formula is C30H30N2O6S2. The summed E-state index contributed by atoms with van der Waals surface area (Å²) in [7, 11) is 0. The molecule has 1 aliphatic rings. The standard InChI is InChI=1S/C30H30N2O6S2/c1-18-24(17-39-30-32-23-7-2-3-8-25(23)40-30)37-29(38-28(18)20-11-9-19(16-33)10-12-20)21-5-4-6-22(15-21)31-26(34)13-14-27(35)36/h2-12,15,18,24,28-29,33H,13-14,16-17H2,1H3,(H,31,34)(H,35,36)/t18-,24+,28+,29+/m0/s1. The number of fused-ring (bicyclic) bond motifs is 1. The lowest BCUT2D eigenvalue weighted by Gasteiger charge is -2.41. The molecule has 5 rings (SSSR count). The Hall–Kier alpha value is -3.28. The summed E-state index contributed by atoms with van der Waals surface area (Å²) in [5, 5.41) is 21.1. The van der Waals surface area contributed by atoms with Gasteiger partial charge in [0.25, 0.3) is 0 Å². The molecule has 3 N–H and O–H groups in total. The average molecular weight is 579 g/mol. The Balaban J connectivity index is 1.36. The second kappa shape index (κ2) is 12.9. The third-order valence-corrected chi connectivity index (χ3v) is 9.05. The fraction of sp³-hybridized carbons (Fsp3) is 0.300. The number of hydrogen-bond acceptors (Lipinski definition) is 8. The van der Waals surface area contributed by atoms with Crippen molar-refractivity contribution in [1.29, 1.82) is 0 Å². The third kappa shape index (κ3) is 6.89. The van der Waals surface area contributed by atoms with E-state index in [0.29, 0.717) is 11.4 Å². The highest BCUT2D eigenvalue weighted by Gasteiger charge is 2.38. The Morgan fingerprint density at radius 2 is 1.80 bits per heavy atom. The first-order valence-electron chi connectivity index (χ1n) is 13.0. The summed E-state index contributed by atoms with van der Waals surface area (Å²) in [6, 6.07) is 23.1. The van der Waals surface area contributed by atoms with Crippen molar-refractivity contribution in [2.45, 2.75) is 49.2 Å². The minimum atomic E-state index is -1.02. The highest BCUT2D eigenvalue weighted by molar-refractivity contribution is 8.01. The molecule has 10 heteroatoms. The number of para-hydroxylation sites is 1. The first kappa shape index (κ1) is 28.3. The van der Waals surface area contributed by atoms with Gasteiger partial charge in [0.2, 0.25) is 5.91 Å². The molecule has 1 fully saturated rings. The van der Waals surface area contributed by atoms with Gasteiger partial charge in [-0.3, -0.25) is 9.59 Å². The molecule has 3 aromatic carbocycles. The normalized spacial score (nSPS) is 20.9. The molecule has 2 heterocycles. The van der Waals surface area contributed by atoms with Crippen LogP contribution in [0.5, 0.6) is 0 Å². The van der Waals surface area contributed by atoms with Gasteiger partial charge >= 0.3 is 5.97 Å². The van der Waals surface area contributed by atoms with Crippen LogP contribution in [-0.2, 0) is 25.7 Å². The molecular weight excluding hydrogens is 548 g/mol. The molecule has 0 aliphatic carbocycles. The summed E-state index contributed by atoms with van der Waals surface area (Å²) in [6.07, 6.45) is -1.45. The van der Waals surface area contributed by atoms with Crippen LogP contribution in [0.1, 0.15) is 48.8 Å². The van der Waals surface area contributed by atoms with E-state index in [1.54, 1.807) is 35.2 Å². The summed E-state index contributed by atoms with van der Waals surface area (Å²) < 4.78 is 15.2. The van der Waals surface area contributed by atoms with Crippen LogP contribution in [0.25, 0.3) is 10.2 Å². The first-order valence-corrected chi connectivity index (χ1v) is 14.8. The van der Waals surface area contributed by atoms with E-state index in [9.17, 15) is 14.7 Å². The second-order valence-electron chi connectivity index (χ2n) is 9.65. The van der Waals surface area contributed by atoms with Crippen molar-refractivity contribution in [3.05, 3.63) is 89.5 Å². The predicted octanol–water partition coefficient (Wildman–Crippen LogP) is 6.18. The van der Waals surface area contributed by atoms with Crippen LogP contribution < -0.4 is 5.32 Å². The van der Waals surface area contributed by atoms with Gasteiger partial charge in [-0.2, -0.15) is 0 Å². The molecule has 0 unspecified atom stereocenters. The smallest absolute Gasteiger partial charge is 0.303 e. The molecule has 0 saturated carbocycles. The summed E-state index contributed by atoms with van der Waals surface area (Å²) >= 11 is 3.33. The maximum absolute atomic E-state index is 12.2. The quantitative estimate of drug-likeness (QED) is 0.191. The zero-order chi connectivity index (χ0) is 28.1. The number of anilines is 1. The van der Waals surface area contributed by atoms with Crippen LogP contribution in [0.15, 0.2) is 77.1 Å². The van der Waals surface area contributed by atoms with Gasteiger partial charge in [0.1, 0.15) is 0 Å². The highest BCUT2D eigenvalue weighted by atomic mass is 32.2. The van der Waals surface area contributed by atoms with Crippen molar-refractivity contribution >= 4 is 50.9 Å². The number of aromatic nitrogens is 1. The minimum absolute atomic E-state index is 0.0250. The summed E-state index contributed by atoms with van der Waals surface area (Å²) in [6.45, 7) is 2.09. The van der Waals surface area contributed by atoms with Gasteiger partial charge < -0.3 is 25.0 Å². The molecule has 1 aliphatic heterocycles. The number of thioether (sulfide) groups is 1. The molecule has 0 radical (unpaired) electrons. The molecule has 40 heavy (non-hydrogen) atoms. The van der Waals surface area contributed by atoms with Crippen molar-refractivity contribution in [2.24, 2.45) is 5.92 Å². The molecule has 1 saturated heterocycles. The Morgan fingerprint density at radius 1 is 1.00 bits per heavy atom. The lowest BCUT2D eigenvalue weighted by Crippen LogP contribution is -2.38. The number of carboxylic acids is 1. The summed E-state index contributed by atoms with van der Waals surface area (Å²) in [5.74, 6) is -0.685. The summed E-state index contributed by atoms with van der Waals surface area (Å²) in [4.78, 5) is 27.8. The van der Waals surface area contributed by atoms with Crippen molar-refractivity contribution in [3.63, 3.8) is 0 Å². The number of aliphatic hydroxyl groups excluding tert-OH is 1. The number of aliphatic carboxylic acids is 1. The van der Waals surface area contributed by atoms with Gasteiger partial charge in [-0.25, -0.2) is 4.98 Å². The maximum atomic E-state index is 12.2. The van der Waals surface area contributed by atoms with Gasteiger partial charge in [0.05, 0.1) is 35.5 Å². The highest BCUT2D eigenvalue weighted by Crippen LogP contribution is 2.43. The number of carboxylic acid groups (broad SMARTS) is 1. The Labute approximate surface area is 240 Å². The van der Waals surface area contributed by atoms with Crippen LogP contribution in [-0.4, -0.2) is 38.9 Å². The Bertz CT molecular complexity index is 1440. The maximum Gasteiger partial charge on any atom is 0.303 e. The van der Waals surface area contributed by atoms with E-state index in [4.69, 9.17) is 19.6 Å². The van der Waals surface area contributed by atoms with E-state index >= 15 is 0 Å². The third-order valence-electron chi connectivity index (χ3n) is 6.78. The number of nitrogens with zero attached hydrogens (tertiary/aromatic N) is 1. The lowest BCUT2D eigenvalue weighted by molar-refractivity contribution is -0.268. The molecule has 1 aromatic heterocycles. The van der Waals surface area contributed by atoms with E-state index in [0.717, 1.165) is 31.2 Å². The van der Waals surface area contributed by atoms with E-state index < -0.39 is 12.3 Å². The Kier molecular flexibility index (Phi) is 9.13. The van der Waals surface area contributed by atoms with Crippen LogP contribution in [0.2, 0.25) is 0 Å². The monoisotopic (exact) mass is 578 g/mol. The van der Waals surface area contributed by atoms with Crippen molar-refractivity contribution in [2.75, 3.05) is 11.1 Å². The van der Waals surface area contributed by atoms with Crippen molar-refractivity contribution in [1.82, 2.24) is 4.98 Å². The predicted molar refractivity (Wildman–Crippen MR) is 155 cm³/mol.